The summed E-state index contributed by atoms with van der Waals surface area (Å²) in [6.07, 6.45) is -1.67. The Labute approximate surface area is 200 Å². The molecule has 6 nitrogen and oxygen atoms in total. The van der Waals surface area contributed by atoms with E-state index in [2.05, 4.69) is 15.6 Å². The van der Waals surface area contributed by atoms with Gasteiger partial charge in [0.1, 0.15) is 17.6 Å². The van der Waals surface area contributed by atoms with Crippen LogP contribution in [0.15, 0.2) is 29.3 Å². The zero-order valence-corrected chi connectivity index (χ0v) is 20.7. The standard InChI is InChI=1S/C21H33F3N4O2.HI/c1-16(30-19-6-4-5-18(13-19)29-3)14-27-20(25-2)26-10-7-17-8-11-28(12-9-17)15-21(22,23)24;/h4-6,13,16-17H,7-12,14-15H2,1-3H3,(H2,25,26,27);1H. The van der Waals surface area contributed by atoms with Gasteiger partial charge in [0.05, 0.1) is 20.2 Å². The van der Waals surface area contributed by atoms with Gasteiger partial charge in [0.2, 0.25) is 0 Å². The van der Waals surface area contributed by atoms with Crippen LogP contribution in [-0.4, -0.2) is 70.0 Å². The minimum atomic E-state index is -4.11. The van der Waals surface area contributed by atoms with E-state index in [0.717, 1.165) is 37.3 Å². The number of ether oxygens (including phenoxy) is 2. The second kappa shape index (κ2) is 13.9. The summed E-state index contributed by atoms with van der Waals surface area (Å²) in [5, 5.41) is 6.51. The maximum absolute atomic E-state index is 12.5. The maximum atomic E-state index is 12.5. The molecule has 1 aromatic carbocycles. The zero-order valence-electron chi connectivity index (χ0n) is 18.4. The average molecular weight is 558 g/mol. The van der Waals surface area contributed by atoms with Gasteiger partial charge >= 0.3 is 6.18 Å². The third-order valence-corrected chi connectivity index (χ3v) is 5.11. The number of rotatable bonds is 9. The summed E-state index contributed by atoms with van der Waals surface area (Å²) >= 11 is 0. The molecule has 0 radical (unpaired) electrons. The number of hydrogen-bond donors (Lipinski definition) is 2. The fourth-order valence-electron chi connectivity index (χ4n) is 3.49. The van der Waals surface area contributed by atoms with Gasteiger partial charge in [-0.1, -0.05) is 6.07 Å². The van der Waals surface area contributed by atoms with Gasteiger partial charge in [-0.3, -0.25) is 9.89 Å². The Hall–Kier alpha value is -1.43. The van der Waals surface area contributed by atoms with Crippen molar-refractivity contribution in [1.29, 1.82) is 0 Å². The van der Waals surface area contributed by atoms with E-state index >= 15 is 0 Å². The number of hydrogen-bond acceptors (Lipinski definition) is 4. The maximum Gasteiger partial charge on any atom is 0.401 e. The van der Waals surface area contributed by atoms with Gasteiger partial charge in [-0.25, -0.2) is 0 Å². The second-order valence-electron chi connectivity index (χ2n) is 7.61. The Morgan fingerprint density at radius 1 is 1.23 bits per heavy atom. The van der Waals surface area contributed by atoms with Crippen molar-refractivity contribution in [2.45, 2.75) is 38.5 Å². The van der Waals surface area contributed by atoms with Gasteiger partial charge in [0, 0.05) is 19.7 Å². The molecule has 1 saturated heterocycles. The highest BCUT2D eigenvalue weighted by Crippen LogP contribution is 2.24. The number of likely N-dealkylation sites (tertiary alicyclic amines) is 1. The van der Waals surface area contributed by atoms with Crippen LogP contribution in [0, 0.1) is 5.92 Å². The molecular formula is C21H34F3IN4O2. The van der Waals surface area contributed by atoms with Gasteiger partial charge in [-0.2, -0.15) is 13.2 Å². The highest BCUT2D eigenvalue weighted by molar-refractivity contribution is 14.0. The molecule has 2 N–H and O–H groups in total. The first-order valence-electron chi connectivity index (χ1n) is 10.3. The predicted molar refractivity (Wildman–Crippen MR) is 128 cm³/mol. The summed E-state index contributed by atoms with van der Waals surface area (Å²) in [5.74, 6) is 2.61. The lowest BCUT2D eigenvalue weighted by molar-refractivity contribution is -0.148. The van der Waals surface area contributed by atoms with Crippen LogP contribution in [0.5, 0.6) is 11.5 Å². The summed E-state index contributed by atoms with van der Waals surface area (Å²) in [7, 11) is 3.32. The highest BCUT2D eigenvalue weighted by Gasteiger charge is 2.32. The van der Waals surface area contributed by atoms with Crippen molar-refractivity contribution in [3.63, 3.8) is 0 Å². The Morgan fingerprint density at radius 2 is 1.90 bits per heavy atom. The predicted octanol–water partition coefficient (Wildman–Crippen LogP) is 3.91. The minimum Gasteiger partial charge on any atom is -0.497 e. The molecule has 178 valence electrons. The Kier molecular flexibility index (Phi) is 12.3. The van der Waals surface area contributed by atoms with Crippen molar-refractivity contribution in [3.8, 4) is 11.5 Å². The molecule has 2 rings (SSSR count). The van der Waals surface area contributed by atoms with Crippen molar-refractivity contribution >= 4 is 29.9 Å². The lowest BCUT2D eigenvalue weighted by atomic mass is 9.93. The quantitative estimate of drug-likeness (QED) is 0.274. The SMILES string of the molecule is CN=C(NCCC1CCN(CC(F)(F)F)CC1)NCC(C)Oc1cccc(OC)c1.I. The lowest BCUT2D eigenvalue weighted by Crippen LogP contribution is -2.43. The fraction of sp³-hybridized carbons (Fsp3) is 0.667. The van der Waals surface area contributed by atoms with Crippen molar-refractivity contribution < 1.29 is 22.6 Å². The Morgan fingerprint density at radius 3 is 2.52 bits per heavy atom. The summed E-state index contributed by atoms with van der Waals surface area (Å²) in [6.45, 7) is 3.49. The van der Waals surface area contributed by atoms with Crippen molar-refractivity contribution in [1.82, 2.24) is 15.5 Å². The number of nitrogens with one attached hydrogen (secondary N) is 2. The second-order valence-corrected chi connectivity index (χ2v) is 7.61. The van der Waals surface area contributed by atoms with Crippen molar-refractivity contribution in [2.75, 3.05) is 46.9 Å². The normalized spacial score (nSPS) is 16.9. The van der Waals surface area contributed by atoms with Crippen LogP contribution in [0.3, 0.4) is 0 Å². The Bertz CT molecular complexity index is 668. The summed E-state index contributed by atoms with van der Waals surface area (Å²) in [4.78, 5) is 5.71. The third kappa shape index (κ3) is 11.1. The van der Waals surface area contributed by atoms with Crippen LogP contribution in [0.2, 0.25) is 0 Å². The number of nitrogens with zero attached hydrogens (tertiary/aromatic N) is 2. The van der Waals surface area contributed by atoms with Crippen LogP contribution in [0.4, 0.5) is 13.2 Å². The fourth-order valence-corrected chi connectivity index (χ4v) is 3.49. The number of methoxy groups -OCH3 is 1. The molecule has 0 aromatic heterocycles. The molecule has 0 bridgehead atoms. The molecule has 10 heteroatoms. The topological polar surface area (TPSA) is 58.1 Å². The summed E-state index contributed by atoms with van der Waals surface area (Å²) < 4.78 is 48.5. The zero-order chi connectivity index (χ0) is 22.0. The van der Waals surface area contributed by atoms with E-state index in [1.54, 1.807) is 14.2 Å². The smallest absolute Gasteiger partial charge is 0.401 e. The highest BCUT2D eigenvalue weighted by atomic mass is 127. The number of guanidine groups is 1. The van der Waals surface area contributed by atoms with Crippen LogP contribution in [0.1, 0.15) is 26.2 Å². The molecule has 1 aromatic rings. The van der Waals surface area contributed by atoms with Gasteiger partial charge in [0.15, 0.2) is 5.96 Å². The van der Waals surface area contributed by atoms with E-state index < -0.39 is 12.7 Å². The van der Waals surface area contributed by atoms with E-state index in [-0.39, 0.29) is 30.1 Å². The number of alkyl halides is 3. The monoisotopic (exact) mass is 558 g/mol. The number of aliphatic imine (C=N–C) groups is 1. The number of piperidine rings is 1. The van der Waals surface area contributed by atoms with Crippen LogP contribution >= 0.6 is 24.0 Å². The molecule has 0 saturated carbocycles. The van der Waals surface area contributed by atoms with Crippen LogP contribution in [-0.2, 0) is 0 Å². The minimum absolute atomic E-state index is 0. The van der Waals surface area contributed by atoms with Crippen molar-refractivity contribution in [3.05, 3.63) is 24.3 Å². The van der Waals surface area contributed by atoms with Gasteiger partial charge in [-0.05, 0) is 57.3 Å². The van der Waals surface area contributed by atoms with Gasteiger partial charge in [-0.15, -0.1) is 24.0 Å². The van der Waals surface area contributed by atoms with E-state index in [1.807, 2.05) is 31.2 Å². The molecule has 1 fully saturated rings. The number of halogens is 4. The molecule has 1 aliphatic heterocycles. The molecule has 1 aliphatic rings. The molecule has 1 heterocycles. The van der Waals surface area contributed by atoms with E-state index in [4.69, 9.17) is 9.47 Å². The largest absolute Gasteiger partial charge is 0.497 e. The van der Waals surface area contributed by atoms with Gasteiger partial charge < -0.3 is 20.1 Å². The van der Waals surface area contributed by atoms with E-state index in [9.17, 15) is 13.2 Å². The van der Waals surface area contributed by atoms with Crippen molar-refractivity contribution in [2.24, 2.45) is 10.9 Å². The molecule has 0 aliphatic carbocycles. The summed E-state index contributed by atoms with van der Waals surface area (Å²) in [5.41, 5.74) is 0. The molecule has 0 amide bonds. The summed E-state index contributed by atoms with van der Waals surface area (Å²) in [6, 6.07) is 7.46. The average Bonchev–Trinajstić information content (AvgIpc) is 2.70. The molecule has 0 spiro atoms. The van der Waals surface area contributed by atoms with Gasteiger partial charge in [0.25, 0.3) is 0 Å². The third-order valence-electron chi connectivity index (χ3n) is 5.11. The van der Waals surface area contributed by atoms with E-state index in [1.165, 1.54) is 4.90 Å². The first-order chi connectivity index (χ1) is 14.3. The molecular weight excluding hydrogens is 524 g/mol. The van der Waals surface area contributed by atoms with E-state index in [0.29, 0.717) is 31.5 Å². The first-order valence-corrected chi connectivity index (χ1v) is 10.3. The lowest BCUT2D eigenvalue weighted by Gasteiger charge is -2.32. The van der Waals surface area contributed by atoms with Crippen LogP contribution < -0.4 is 20.1 Å². The first kappa shape index (κ1) is 27.6. The van der Waals surface area contributed by atoms with Crippen LogP contribution in [0.25, 0.3) is 0 Å². The molecule has 31 heavy (non-hydrogen) atoms. The Balaban J connectivity index is 0.00000480. The number of benzene rings is 1. The molecule has 1 atom stereocenters. The molecule has 1 unspecified atom stereocenters.